The molecule has 2 aliphatic rings. The van der Waals surface area contributed by atoms with E-state index in [0.717, 1.165) is 34.1 Å². The molecule has 0 amide bonds. The van der Waals surface area contributed by atoms with Crippen molar-refractivity contribution >= 4 is 44.9 Å². The molecule has 0 unspecified atom stereocenters. The Hall–Kier alpha value is -8.72. The zero-order chi connectivity index (χ0) is 46.1. The summed E-state index contributed by atoms with van der Waals surface area (Å²) in [7, 11) is 0. The molecule has 11 aromatic rings. The maximum absolute atomic E-state index is 2.53. The van der Waals surface area contributed by atoms with Crippen molar-refractivity contribution in [2.75, 3.05) is 9.80 Å². The van der Waals surface area contributed by atoms with Crippen molar-refractivity contribution in [2.45, 2.75) is 19.3 Å². The van der Waals surface area contributed by atoms with Crippen LogP contribution in [0.3, 0.4) is 0 Å². The Bertz CT molecular complexity index is 3650. The highest BCUT2D eigenvalue weighted by Crippen LogP contribution is 2.55. The number of fused-ring (bicyclic) bond motifs is 7. The molecular formula is C67H48N2. The first kappa shape index (κ1) is 40.5. The summed E-state index contributed by atoms with van der Waals surface area (Å²) in [6.07, 6.45) is 0. The SMILES string of the molecule is CC1(C)c2ccccc2-c2ccc(N(c3cc(-c4ccccc4)cc(-c4ccccc4)c3)c3ccc4c5c(cccc35)-c3ccccc3N(c3cccc(-c5ccccc5)c3)c3ccccc3-4)cc21. The van der Waals surface area contributed by atoms with Crippen LogP contribution >= 0.6 is 0 Å². The van der Waals surface area contributed by atoms with E-state index in [9.17, 15) is 0 Å². The van der Waals surface area contributed by atoms with E-state index in [-0.39, 0.29) is 5.41 Å². The lowest BCUT2D eigenvalue weighted by molar-refractivity contribution is 0.660. The summed E-state index contributed by atoms with van der Waals surface area (Å²) in [5.41, 5.74) is 23.7. The Balaban J connectivity index is 1.08. The van der Waals surface area contributed by atoms with Gasteiger partial charge in [-0.1, -0.05) is 208 Å². The van der Waals surface area contributed by atoms with Crippen molar-refractivity contribution in [3.8, 4) is 66.8 Å². The molecule has 0 bridgehead atoms. The first-order valence-corrected chi connectivity index (χ1v) is 24.0. The average molecular weight is 881 g/mol. The summed E-state index contributed by atoms with van der Waals surface area (Å²) in [4.78, 5) is 4.99. The van der Waals surface area contributed by atoms with Gasteiger partial charge in [0.15, 0.2) is 0 Å². The van der Waals surface area contributed by atoms with Crippen LogP contribution in [0, 0.1) is 0 Å². The highest BCUT2D eigenvalue weighted by Gasteiger charge is 2.36. The van der Waals surface area contributed by atoms with Gasteiger partial charge in [0.2, 0.25) is 0 Å². The minimum Gasteiger partial charge on any atom is -0.310 e. The van der Waals surface area contributed by atoms with Crippen LogP contribution in [0.5, 0.6) is 0 Å². The molecule has 0 N–H and O–H groups in total. The fourth-order valence-corrected chi connectivity index (χ4v) is 11.3. The fourth-order valence-electron chi connectivity index (χ4n) is 11.3. The van der Waals surface area contributed by atoms with Crippen molar-refractivity contribution in [2.24, 2.45) is 0 Å². The second-order valence-corrected chi connectivity index (χ2v) is 18.9. The molecule has 0 spiro atoms. The topological polar surface area (TPSA) is 6.48 Å². The lowest BCUT2D eigenvalue weighted by Crippen LogP contribution is -2.17. The van der Waals surface area contributed by atoms with E-state index in [0.29, 0.717) is 0 Å². The number of hydrogen-bond donors (Lipinski definition) is 0. The van der Waals surface area contributed by atoms with Gasteiger partial charge in [-0.15, -0.1) is 0 Å². The highest BCUT2D eigenvalue weighted by molar-refractivity contribution is 6.17. The molecule has 2 nitrogen and oxygen atoms in total. The van der Waals surface area contributed by atoms with Crippen LogP contribution in [-0.4, -0.2) is 0 Å². The van der Waals surface area contributed by atoms with E-state index in [2.05, 4.69) is 278 Å². The van der Waals surface area contributed by atoms with Crippen LogP contribution < -0.4 is 9.80 Å². The number of para-hydroxylation sites is 2. The average Bonchev–Trinajstić information content (AvgIpc) is 3.64. The first-order chi connectivity index (χ1) is 34.0. The number of rotatable bonds is 7. The lowest BCUT2D eigenvalue weighted by Gasteiger charge is -2.34. The summed E-state index contributed by atoms with van der Waals surface area (Å²) in [5, 5.41) is 2.41. The van der Waals surface area contributed by atoms with Gasteiger partial charge >= 0.3 is 0 Å². The van der Waals surface area contributed by atoms with Crippen molar-refractivity contribution in [3.05, 3.63) is 266 Å². The van der Waals surface area contributed by atoms with Gasteiger partial charge in [0.05, 0.1) is 17.1 Å². The molecule has 0 saturated heterocycles. The molecule has 0 radical (unpaired) electrons. The van der Waals surface area contributed by atoms with Gasteiger partial charge in [-0.05, 0) is 133 Å². The molecule has 0 aromatic heterocycles. The Morgan fingerprint density at radius 2 is 0.812 bits per heavy atom. The molecular weight excluding hydrogens is 833 g/mol. The minimum absolute atomic E-state index is 0.176. The zero-order valence-corrected chi connectivity index (χ0v) is 38.6. The van der Waals surface area contributed by atoms with E-state index in [1.54, 1.807) is 0 Å². The Labute approximate surface area is 404 Å². The number of anilines is 6. The maximum Gasteiger partial charge on any atom is 0.0540 e. The van der Waals surface area contributed by atoms with Crippen molar-refractivity contribution < 1.29 is 0 Å². The van der Waals surface area contributed by atoms with Crippen LogP contribution in [0.15, 0.2) is 255 Å². The third-order valence-corrected chi connectivity index (χ3v) is 14.6. The predicted molar refractivity (Wildman–Crippen MR) is 292 cm³/mol. The third kappa shape index (κ3) is 6.71. The number of benzene rings is 11. The zero-order valence-electron chi connectivity index (χ0n) is 38.6. The van der Waals surface area contributed by atoms with Gasteiger partial charge in [-0.2, -0.15) is 0 Å². The molecule has 0 fully saturated rings. The maximum atomic E-state index is 2.53. The van der Waals surface area contributed by atoms with Gasteiger partial charge in [-0.3, -0.25) is 0 Å². The van der Waals surface area contributed by atoms with Crippen molar-refractivity contribution in [1.82, 2.24) is 0 Å². The number of hydrogen-bond acceptors (Lipinski definition) is 2. The molecule has 2 heteroatoms. The molecule has 11 aromatic carbocycles. The van der Waals surface area contributed by atoms with Gasteiger partial charge in [0.25, 0.3) is 0 Å². The third-order valence-electron chi connectivity index (χ3n) is 14.6. The number of nitrogens with zero attached hydrogens (tertiary/aromatic N) is 2. The van der Waals surface area contributed by atoms with Crippen LogP contribution in [0.1, 0.15) is 25.0 Å². The van der Waals surface area contributed by atoms with Gasteiger partial charge in [0, 0.05) is 39.0 Å². The highest BCUT2D eigenvalue weighted by atomic mass is 15.2. The molecule has 1 aliphatic heterocycles. The van der Waals surface area contributed by atoms with Crippen molar-refractivity contribution in [1.29, 1.82) is 0 Å². The summed E-state index contributed by atoms with van der Waals surface area (Å²) in [5.74, 6) is 0. The van der Waals surface area contributed by atoms with E-state index >= 15 is 0 Å². The summed E-state index contributed by atoms with van der Waals surface area (Å²) in [6, 6.07) is 94.0. The Morgan fingerprint density at radius 1 is 0.319 bits per heavy atom. The van der Waals surface area contributed by atoms with Gasteiger partial charge in [-0.25, -0.2) is 0 Å². The summed E-state index contributed by atoms with van der Waals surface area (Å²) in [6.45, 7) is 4.75. The Kier molecular flexibility index (Phi) is 9.55. The second kappa shape index (κ2) is 16.3. The van der Waals surface area contributed by atoms with E-state index in [4.69, 9.17) is 0 Å². The fraction of sp³-hybridized carbons (Fsp3) is 0.0448. The second-order valence-electron chi connectivity index (χ2n) is 18.9. The van der Waals surface area contributed by atoms with E-state index in [1.807, 2.05) is 0 Å². The smallest absolute Gasteiger partial charge is 0.0540 e. The standard InChI is InChI=1S/C67H48N2/c1-67(2)61-33-15-12-28-54(61)55-37-36-52(44-62(55)67)68(53-42-49(46-22-8-4-9-23-46)40-50(43-53)47-24-10-5-11-25-47)65-39-38-59-57-30-14-17-35-64(57)69(51-27-18-26-48(41-51)45-20-6-3-7-21-45)63-34-16-13-29-56(63)58-31-19-32-60(65)66(58)59/h3-44H,1-2H3. The van der Waals surface area contributed by atoms with Gasteiger partial charge in [0.1, 0.15) is 0 Å². The van der Waals surface area contributed by atoms with Crippen LogP contribution in [-0.2, 0) is 5.41 Å². The molecule has 326 valence electrons. The molecule has 13 rings (SSSR count). The molecule has 69 heavy (non-hydrogen) atoms. The molecule has 0 atom stereocenters. The molecule has 1 heterocycles. The normalized spacial score (nSPS) is 12.9. The van der Waals surface area contributed by atoms with Crippen LogP contribution in [0.4, 0.5) is 34.1 Å². The van der Waals surface area contributed by atoms with Crippen molar-refractivity contribution in [3.63, 3.8) is 0 Å². The monoisotopic (exact) mass is 880 g/mol. The van der Waals surface area contributed by atoms with E-state index < -0.39 is 0 Å². The lowest BCUT2D eigenvalue weighted by atomic mass is 9.82. The van der Waals surface area contributed by atoms with Gasteiger partial charge < -0.3 is 9.80 Å². The molecule has 0 saturated carbocycles. The summed E-state index contributed by atoms with van der Waals surface area (Å²) >= 11 is 0. The quantitative estimate of drug-likeness (QED) is 0.157. The van der Waals surface area contributed by atoms with E-state index in [1.165, 1.54) is 88.7 Å². The Morgan fingerprint density at radius 3 is 1.46 bits per heavy atom. The first-order valence-electron chi connectivity index (χ1n) is 24.0. The molecule has 1 aliphatic carbocycles. The predicted octanol–water partition coefficient (Wildman–Crippen LogP) is 18.7. The van der Waals surface area contributed by atoms with Crippen LogP contribution in [0.25, 0.3) is 77.5 Å². The largest absolute Gasteiger partial charge is 0.310 e. The minimum atomic E-state index is -0.176. The summed E-state index contributed by atoms with van der Waals surface area (Å²) < 4.78 is 0. The van der Waals surface area contributed by atoms with Crippen LogP contribution in [0.2, 0.25) is 0 Å².